The second kappa shape index (κ2) is 5.97. The van der Waals surface area contributed by atoms with Crippen LogP contribution >= 0.6 is 0 Å². The maximum atomic E-state index is 12.2. The van der Waals surface area contributed by atoms with Gasteiger partial charge < -0.3 is 10.1 Å². The number of ketones is 1. The van der Waals surface area contributed by atoms with E-state index in [-0.39, 0.29) is 17.7 Å². The molecule has 2 unspecified atom stereocenters. The van der Waals surface area contributed by atoms with Crippen molar-refractivity contribution in [1.82, 2.24) is 5.32 Å². The fraction of sp³-hybridized carbons (Fsp3) is 0.467. The first-order valence-electron chi connectivity index (χ1n) is 6.58. The highest BCUT2D eigenvalue weighted by Gasteiger charge is 2.24. The first-order chi connectivity index (χ1) is 9.09. The average molecular weight is 261 g/mol. The summed E-state index contributed by atoms with van der Waals surface area (Å²) < 4.78 is 5.32. The molecule has 0 aromatic heterocycles. The summed E-state index contributed by atoms with van der Waals surface area (Å²) in [4.78, 5) is 23.7. The van der Waals surface area contributed by atoms with Crippen LogP contribution < -0.4 is 5.32 Å². The molecule has 0 spiro atoms. The van der Waals surface area contributed by atoms with Crippen molar-refractivity contribution >= 4 is 11.7 Å². The van der Waals surface area contributed by atoms with Crippen LogP contribution in [0.2, 0.25) is 0 Å². The molecule has 0 aliphatic carbocycles. The molecule has 1 aromatic rings. The number of carbonyl (C=O) groups is 2. The van der Waals surface area contributed by atoms with E-state index < -0.39 is 0 Å². The molecule has 2 rings (SSSR count). The van der Waals surface area contributed by atoms with Crippen molar-refractivity contribution in [3.05, 3.63) is 35.4 Å². The van der Waals surface area contributed by atoms with Crippen LogP contribution in [0.15, 0.2) is 24.3 Å². The Bertz CT molecular complexity index is 478. The van der Waals surface area contributed by atoms with Crippen LogP contribution in [-0.4, -0.2) is 30.9 Å². The molecule has 1 aromatic carbocycles. The minimum atomic E-state index is -0.190. The number of nitrogens with one attached hydrogen (secondary N) is 1. The third-order valence-corrected chi connectivity index (χ3v) is 3.58. The lowest BCUT2D eigenvalue weighted by Gasteiger charge is -2.19. The largest absolute Gasteiger partial charge is 0.381 e. The third-order valence-electron chi connectivity index (χ3n) is 3.58. The maximum absolute atomic E-state index is 12.2. The minimum Gasteiger partial charge on any atom is -0.381 e. The predicted octanol–water partition coefficient (Wildman–Crippen LogP) is 2.04. The van der Waals surface area contributed by atoms with Gasteiger partial charge in [0, 0.05) is 24.1 Å². The molecule has 4 nitrogen and oxygen atoms in total. The topological polar surface area (TPSA) is 55.4 Å². The molecule has 0 bridgehead atoms. The lowest BCUT2D eigenvalue weighted by molar-refractivity contribution is 0.0911. The molecule has 1 heterocycles. The SMILES string of the molecule is CC(=O)c1ccccc1C(=O)NC(C)C1CCOC1. The summed E-state index contributed by atoms with van der Waals surface area (Å²) >= 11 is 0. The summed E-state index contributed by atoms with van der Waals surface area (Å²) in [5.74, 6) is 0.0706. The van der Waals surface area contributed by atoms with Gasteiger partial charge in [0.15, 0.2) is 5.78 Å². The Hall–Kier alpha value is -1.68. The van der Waals surface area contributed by atoms with Crippen molar-refractivity contribution in [1.29, 1.82) is 0 Å². The van der Waals surface area contributed by atoms with Gasteiger partial charge in [0.1, 0.15) is 0 Å². The van der Waals surface area contributed by atoms with Gasteiger partial charge in [-0.25, -0.2) is 0 Å². The maximum Gasteiger partial charge on any atom is 0.252 e. The lowest BCUT2D eigenvalue weighted by atomic mass is 9.99. The second-order valence-corrected chi connectivity index (χ2v) is 4.99. The molecule has 4 heteroatoms. The van der Waals surface area contributed by atoms with E-state index in [1.54, 1.807) is 24.3 Å². The van der Waals surface area contributed by atoms with Crippen LogP contribution in [-0.2, 0) is 4.74 Å². The number of carbonyl (C=O) groups excluding carboxylic acids is 2. The minimum absolute atomic E-state index is 0.0509. The van der Waals surface area contributed by atoms with Gasteiger partial charge in [-0.2, -0.15) is 0 Å². The quantitative estimate of drug-likeness (QED) is 0.844. The molecule has 1 aliphatic heterocycles. The predicted molar refractivity (Wildman–Crippen MR) is 72.3 cm³/mol. The molecule has 1 aliphatic rings. The molecule has 1 fully saturated rings. The van der Waals surface area contributed by atoms with Crippen LogP contribution in [0.5, 0.6) is 0 Å². The Balaban J connectivity index is 2.09. The number of Topliss-reactive ketones (excluding diaryl/α,β-unsaturated/α-hetero) is 1. The highest BCUT2D eigenvalue weighted by molar-refractivity contribution is 6.07. The molecule has 1 amide bonds. The zero-order valence-corrected chi connectivity index (χ0v) is 11.3. The summed E-state index contributed by atoms with van der Waals surface area (Å²) in [7, 11) is 0. The van der Waals surface area contributed by atoms with Gasteiger partial charge in [-0.05, 0) is 26.3 Å². The zero-order chi connectivity index (χ0) is 13.8. The Morgan fingerprint density at radius 2 is 2.00 bits per heavy atom. The van der Waals surface area contributed by atoms with E-state index in [9.17, 15) is 9.59 Å². The molecule has 1 saturated heterocycles. The standard InChI is InChI=1S/C15H19NO3/c1-10(12-7-8-19-9-12)16-15(18)14-6-4-3-5-13(14)11(2)17/h3-6,10,12H,7-9H2,1-2H3,(H,16,18). The molecule has 19 heavy (non-hydrogen) atoms. The Kier molecular flexibility index (Phi) is 4.32. The normalized spacial score (nSPS) is 20.0. The Morgan fingerprint density at radius 1 is 1.32 bits per heavy atom. The Morgan fingerprint density at radius 3 is 2.58 bits per heavy atom. The second-order valence-electron chi connectivity index (χ2n) is 4.99. The van der Waals surface area contributed by atoms with Crippen molar-refractivity contribution in [2.75, 3.05) is 13.2 Å². The molecule has 0 saturated carbocycles. The van der Waals surface area contributed by atoms with Crippen LogP contribution in [0.1, 0.15) is 41.0 Å². The number of amides is 1. The van der Waals surface area contributed by atoms with Crippen molar-refractivity contribution in [3.63, 3.8) is 0 Å². The monoisotopic (exact) mass is 261 g/mol. The van der Waals surface area contributed by atoms with E-state index in [1.807, 2.05) is 6.92 Å². The van der Waals surface area contributed by atoms with Crippen LogP contribution in [0.3, 0.4) is 0 Å². The van der Waals surface area contributed by atoms with Gasteiger partial charge in [-0.15, -0.1) is 0 Å². The molecule has 102 valence electrons. The van der Waals surface area contributed by atoms with Crippen molar-refractivity contribution < 1.29 is 14.3 Å². The van der Waals surface area contributed by atoms with Crippen LogP contribution in [0.4, 0.5) is 0 Å². The number of benzene rings is 1. The first kappa shape index (κ1) is 13.7. The van der Waals surface area contributed by atoms with Crippen molar-refractivity contribution in [3.8, 4) is 0 Å². The zero-order valence-electron chi connectivity index (χ0n) is 11.3. The molecule has 2 atom stereocenters. The van der Waals surface area contributed by atoms with Gasteiger partial charge in [0.05, 0.1) is 12.2 Å². The first-order valence-corrected chi connectivity index (χ1v) is 6.58. The average Bonchev–Trinajstić information content (AvgIpc) is 2.92. The fourth-order valence-electron chi connectivity index (χ4n) is 2.34. The fourth-order valence-corrected chi connectivity index (χ4v) is 2.34. The van der Waals surface area contributed by atoms with Gasteiger partial charge >= 0.3 is 0 Å². The Labute approximate surface area is 113 Å². The highest BCUT2D eigenvalue weighted by Crippen LogP contribution is 2.17. The van der Waals surface area contributed by atoms with Gasteiger partial charge in [0.25, 0.3) is 5.91 Å². The van der Waals surface area contributed by atoms with E-state index in [0.717, 1.165) is 13.0 Å². The summed E-state index contributed by atoms with van der Waals surface area (Å²) in [6.45, 7) is 4.90. The molecule has 0 radical (unpaired) electrons. The lowest BCUT2D eigenvalue weighted by Crippen LogP contribution is -2.38. The van der Waals surface area contributed by atoms with E-state index >= 15 is 0 Å². The number of hydrogen-bond donors (Lipinski definition) is 1. The number of hydrogen-bond acceptors (Lipinski definition) is 3. The van der Waals surface area contributed by atoms with Crippen molar-refractivity contribution in [2.45, 2.75) is 26.3 Å². The van der Waals surface area contributed by atoms with Crippen molar-refractivity contribution in [2.24, 2.45) is 5.92 Å². The van der Waals surface area contributed by atoms with E-state index in [4.69, 9.17) is 4.74 Å². The van der Waals surface area contributed by atoms with E-state index in [1.165, 1.54) is 6.92 Å². The summed E-state index contributed by atoms with van der Waals surface area (Å²) in [5.41, 5.74) is 0.913. The summed E-state index contributed by atoms with van der Waals surface area (Å²) in [6, 6.07) is 6.95. The van der Waals surface area contributed by atoms with Gasteiger partial charge in [0.2, 0.25) is 0 Å². The molecular formula is C15H19NO3. The van der Waals surface area contributed by atoms with E-state index in [0.29, 0.717) is 23.7 Å². The van der Waals surface area contributed by atoms with Gasteiger partial charge in [-0.3, -0.25) is 9.59 Å². The molecule has 1 N–H and O–H groups in total. The smallest absolute Gasteiger partial charge is 0.252 e. The summed E-state index contributed by atoms with van der Waals surface area (Å²) in [6.07, 6.45) is 0.968. The summed E-state index contributed by atoms with van der Waals surface area (Å²) in [5, 5.41) is 2.96. The van der Waals surface area contributed by atoms with E-state index in [2.05, 4.69) is 5.32 Å². The van der Waals surface area contributed by atoms with Gasteiger partial charge in [-0.1, -0.05) is 18.2 Å². The van der Waals surface area contributed by atoms with Crippen LogP contribution in [0.25, 0.3) is 0 Å². The molecular weight excluding hydrogens is 242 g/mol. The number of rotatable bonds is 4. The third kappa shape index (κ3) is 3.20. The number of ether oxygens (including phenoxy) is 1. The highest BCUT2D eigenvalue weighted by atomic mass is 16.5. The van der Waals surface area contributed by atoms with Crippen LogP contribution in [0, 0.1) is 5.92 Å².